The Morgan fingerprint density at radius 3 is 2.53 bits per heavy atom. The summed E-state index contributed by atoms with van der Waals surface area (Å²) in [5.74, 6) is 6.10. The van der Waals surface area contributed by atoms with Crippen LogP contribution in [0.5, 0.6) is 0 Å². The third-order valence-electron chi connectivity index (χ3n) is 2.35. The molecule has 1 heterocycles. The van der Waals surface area contributed by atoms with E-state index in [1.807, 2.05) is 19.2 Å². The van der Waals surface area contributed by atoms with E-state index in [-0.39, 0.29) is 5.82 Å². The van der Waals surface area contributed by atoms with Gasteiger partial charge in [-0.2, -0.15) is 0 Å². The van der Waals surface area contributed by atoms with Crippen LogP contribution < -0.4 is 16.6 Å². The van der Waals surface area contributed by atoms with Crippen LogP contribution in [0.3, 0.4) is 0 Å². The lowest BCUT2D eigenvalue weighted by molar-refractivity contribution is 0.627. The molecule has 0 amide bonds. The van der Waals surface area contributed by atoms with E-state index in [1.54, 1.807) is 6.07 Å². The maximum atomic E-state index is 13.3. The highest BCUT2D eigenvalue weighted by molar-refractivity contribution is 7.98. The molecule has 0 saturated heterocycles. The molecule has 0 atom stereocenters. The van der Waals surface area contributed by atoms with Gasteiger partial charge in [-0.05, 0) is 36.9 Å². The molecule has 1 aromatic carbocycles. The third-order valence-corrected chi connectivity index (χ3v) is 2.90. The van der Waals surface area contributed by atoms with E-state index in [0.717, 1.165) is 5.56 Å². The van der Waals surface area contributed by atoms with Crippen LogP contribution in [0.25, 0.3) is 0 Å². The first-order valence-electron chi connectivity index (χ1n) is 5.54. The Bertz CT molecular complexity index is 548. The maximum Gasteiger partial charge on any atom is 0.191 e. The number of aromatic nitrogens is 2. The van der Waals surface area contributed by atoms with Crippen LogP contribution in [0, 0.1) is 12.7 Å². The smallest absolute Gasteiger partial charge is 0.191 e. The lowest BCUT2D eigenvalue weighted by atomic mass is 10.2. The molecule has 0 saturated carbocycles. The van der Waals surface area contributed by atoms with Gasteiger partial charge in [-0.25, -0.2) is 20.2 Å². The molecule has 0 aliphatic rings. The third kappa shape index (κ3) is 3.55. The van der Waals surface area contributed by atoms with Crippen molar-refractivity contribution in [2.75, 3.05) is 17.0 Å². The van der Waals surface area contributed by atoms with Crippen molar-refractivity contribution in [3.63, 3.8) is 0 Å². The first kappa shape index (κ1) is 13.6. The standard InChI is InChI=1S/C12H14FN5S/c1-7-3-8(13)5-9(4-7)15-10-6-11(18-14)17-12(16-10)19-2/h3-6H,14H2,1-2H3,(H2,15,16,17,18). The number of hydrogen-bond acceptors (Lipinski definition) is 6. The predicted molar refractivity (Wildman–Crippen MR) is 76.0 cm³/mol. The van der Waals surface area contributed by atoms with E-state index < -0.39 is 0 Å². The number of nitrogens with one attached hydrogen (secondary N) is 2. The summed E-state index contributed by atoms with van der Waals surface area (Å²) < 4.78 is 13.3. The molecule has 2 aromatic rings. The number of benzene rings is 1. The average molecular weight is 279 g/mol. The van der Waals surface area contributed by atoms with E-state index in [0.29, 0.717) is 22.5 Å². The van der Waals surface area contributed by atoms with Crippen molar-refractivity contribution in [2.24, 2.45) is 5.84 Å². The number of nitrogen functional groups attached to an aromatic ring is 1. The van der Waals surface area contributed by atoms with Gasteiger partial charge in [0.05, 0.1) is 0 Å². The monoisotopic (exact) mass is 279 g/mol. The zero-order valence-corrected chi connectivity index (χ0v) is 11.4. The van der Waals surface area contributed by atoms with Crippen molar-refractivity contribution in [2.45, 2.75) is 12.1 Å². The minimum Gasteiger partial charge on any atom is -0.340 e. The number of aryl methyl sites for hydroxylation is 1. The number of rotatable bonds is 4. The Labute approximate surface area is 114 Å². The maximum absolute atomic E-state index is 13.3. The molecule has 1 aromatic heterocycles. The summed E-state index contributed by atoms with van der Waals surface area (Å²) in [5, 5.41) is 3.61. The van der Waals surface area contributed by atoms with Gasteiger partial charge in [0, 0.05) is 11.8 Å². The lowest BCUT2D eigenvalue weighted by Crippen LogP contribution is -2.10. The van der Waals surface area contributed by atoms with Gasteiger partial charge in [-0.15, -0.1) is 0 Å². The van der Waals surface area contributed by atoms with E-state index in [9.17, 15) is 4.39 Å². The minimum absolute atomic E-state index is 0.293. The van der Waals surface area contributed by atoms with Crippen LogP contribution in [0.4, 0.5) is 21.7 Å². The van der Waals surface area contributed by atoms with E-state index in [2.05, 4.69) is 20.7 Å². The summed E-state index contributed by atoms with van der Waals surface area (Å²) in [6.07, 6.45) is 1.87. The van der Waals surface area contributed by atoms with Gasteiger partial charge in [0.2, 0.25) is 0 Å². The molecule has 4 N–H and O–H groups in total. The molecule has 0 unspecified atom stereocenters. The molecule has 0 fully saturated rings. The molecular formula is C12H14FN5S. The molecular weight excluding hydrogens is 265 g/mol. The summed E-state index contributed by atoms with van der Waals surface area (Å²) in [5.41, 5.74) is 3.94. The van der Waals surface area contributed by atoms with Gasteiger partial charge in [0.15, 0.2) is 5.16 Å². The number of nitrogens with zero attached hydrogens (tertiary/aromatic N) is 2. The van der Waals surface area contributed by atoms with E-state index in [1.165, 1.54) is 23.9 Å². The molecule has 7 heteroatoms. The Hall–Kier alpha value is -1.86. The highest BCUT2D eigenvalue weighted by Gasteiger charge is 2.05. The summed E-state index contributed by atoms with van der Waals surface area (Å²) in [7, 11) is 0. The molecule has 0 aliphatic carbocycles. The summed E-state index contributed by atoms with van der Waals surface area (Å²) in [6.45, 7) is 1.83. The van der Waals surface area contributed by atoms with Gasteiger partial charge in [0.25, 0.3) is 0 Å². The van der Waals surface area contributed by atoms with Crippen molar-refractivity contribution in [1.82, 2.24) is 9.97 Å². The van der Waals surface area contributed by atoms with E-state index in [4.69, 9.17) is 5.84 Å². The molecule has 0 spiro atoms. The van der Waals surface area contributed by atoms with Gasteiger partial charge in [-0.3, -0.25) is 0 Å². The van der Waals surface area contributed by atoms with Gasteiger partial charge in [-0.1, -0.05) is 11.8 Å². The van der Waals surface area contributed by atoms with E-state index >= 15 is 0 Å². The van der Waals surface area contributed by atoms with Crippen molar-refractivity contribution < 1.29 is 4.39 Å². The molecule has 5 nitrogen and oxygen atoms in total. The summed E-state index contributed by atoms with van der Waals surface area (Å²) in [4.78, 5) is 8.43. The number of hydrogen-bond donors (Lipinski definition) is 3. The SMILES string of the molecule is CSc1nc(NN)cc(Nc2cc(C)cc(F)c2)n1. The van der Waals surface area contributed by atoms with Crippen LogP contribution in [-0.2, 0) is 0 Å². The Kier molecular flexibility index (Phi) is 4.18. The fourth-order valence-corrected chi connectivity index (χ4v) is 1.99. The summed E-state index contributed by atoms with van der Waals surface area (Å²) >= 11 is 1.40. The average Bonchev–Trinajstić information content (AvgIpc) is 2.37. The van der Waals surface area contributed by atoms with Crippen LogP contribution in [0.2, 0.25) is 0 Å². The highest BCUT2D eigenvalue weighted by Crippen LogP contribution is 2.21. The first-order valence-corrected chi connectivity index (χ1v) is 6.77. The Balaban J connectivity index is 2.31. The number of anilines is 3. The minimum atomic E-state index is -0.293. The molecule has 0 aliphatic heterocycles. The van der Waals surface area contributed by atoms with Crippen LogP contribution >= 0.6 is 11.8 Å². The van der Waals surface area contributed by atoms with Crippen LogP contribution in [0.1, 0.15) is 5.56 Å². The van der Waals surface area contributed by atoms with Crippen molar-refractivity contribution in [3.05, 3.63) is 35.6 Å². The molecule has 2 rings (SSSR count). The Morgan fingerprint density at radius 2 is 1.89 bits per heavy atom. The summed E-state index contributed by atoms with van der Waals surface area (Å²) in [6, 6.07) is 6.36. The number of hydrazine groups is 1. The Morgan fingerprint density at radius 1 is 1.16 bits per heavy atom. The zero-order valence-electron chi connectivity index (χ0n) is 10.6. The molecule has 0 bridgehead atoms. The quantitative estimate of drug-likeness (QED) is 0.346. The van der Waals surface area contributed by atoms with Crippen molar-refractivity contribution in [1.29, 1.82) is 0 Å². The second kappa shape index (κ2) is 5.85. The lowest BCUT2D eigenvalue weighted by Gasteiger charge is -2.09. The molecule has 19 heavy (non-hydrogen) atoms. The van der Waals surface area contributed by atoms with Gasteiger partial charge < -0.3 is 10.7 Å². The second-order valence-electron chi connectivity index (χ2n) is 3.91. The zero-order chi connectivity index (χ0) is 13.8. The number of thioether (sulfide) groups is 1. The number of halogens is 1. The van der Waals surface area contributed by atoms with Crippen LogP contribution in [-0.4, -0.2) is 16.2 Å². The highest BCUT2D eigenvalue weighted by atomic mass is 32.2. The fraction of sp³-hybridized carbons (Fsp3) is 0.167. The first-order chi connectivity index (χ1) is 9.10. The van der Waals surface area contributed by atoms with Crippen LogP contribution in [0.15, 0.2) is 29.4 Å². The predicted octanol–water partition coefficient (Wildman–Crippen LogP) is 2.68. The van der Waals surface area contributed by atoms with Crippen molar-refractivity contribution in [3.8, 4) is 0 Å². The van der Waals surface area contributed by atoms with Gasteiger partial charge in [0.1, 0.15) is 17.5 Å². The fourth-order valence-electron chi connectivity index (χ4n) is 1.61. The van der Waals surface area contributed by atoms with Gasteiger partial charge >= 0.3 is 0 Å². The number of nitrogens with two attached hydrogens (primary N) is 1. The largest absolute Gasteiger partial charge is 0.340 e. The molecule has 0 radical (unpaired) electrons. The van der Waals surface area contributed by atoms with Crippen molar-refractivity contribution >= 4 is 29.1 Å². The normalized spacial score (nSPS) is 10.3. The molecule has 100 valence electrons. The topological polar surface area (TPSA) is 75.9 Å². The second-order valence-corrected chi connectivity index (χ2v) is 4.69.